The largest absolute Gasteiger partial charge is 0.459 e. The average molecular weight is 722 g/mol. The van der Waals surface area contributed by atoms with Gasteiger partial charge in [-0.25, -0.2) is 9.59 Å². The predicted octanol–water partition coefficient (Wildman–Crippen LogP) is 4.39. The quantitative estimate of drug-likeness (QED) is 0.153. The fourth-order valence-corrected chi connectivity index (χ4v) is 9.13. The Labute approximate surface area is 308 Å². The summed E-state index contributed by atoms with van der Waals surface area (Å²) in [5, 5.41) is 8.85. The Bertz CT molecular complexity index is 1460. The number of hydrogen-bond acceptors (Lipinski definition) is 7. The number of ether oxygens (including phenoxy) is 1. The molecule has 1 saturated heterocycles. The number of carbonyl (C=O) groups is 6. The summed E-state index contributed by atoms with van der Waals surface area (Å²) in [5.41, 5.74) is 5.03. The van der Waals surface area contributed by atoms with Crippen LogP contribution >= 0.6 is 0 Å². The van der Waals surface area contributed by atoms with Crippen molar-refractivity contribution in [3.8, 4) is 0 Å². The second-order valence-corrected chi connectivity index (χ2v) is 16.4. The molecule has 286 valence electrons. The molecule has 5 rings (SSSR count). The first kappa shape index (κ1) is 39.3. The van der Waals surface area contributed by atoms with E-state index in [0.29, 0.717) is 25.3 Å². The highest BCUT2D eigenvalue weighted by Gasteiger charge is 2.58. The van der Waals surface area contributed by atoms with Gasteiger partial charge in [0.25, 0.3) is 5.91 Å². The maximum absolute atomic E-state index is 14.7. The summed E-state index contributed by atoms with van der Waals surface area (Å²) in [7, 11) is 0. The summed E-state index contributed by atoms with van der Waals surface area (Å²) in [6, 6.07) is 5.96. The molecule has 3 saturated carbocycles. The van der Waals surface area contributed by atoms with Crippen molar-refractivity contribution in [3.05, 3.63) is 35.9 Å². The third-order valence-corrected chi connectivity index (χ3v) is 12.5. The normalized spacial score (nSPS) is 27.4. The second kappa shape index (κ2) is 17.2. The third-order valence-electron chi connectivity index (χ3n) is 12.5. The number of urea groups is 1. The molecule has 1 aromatic rings. The summed E-state index contributed by atoms with van der Waals surface area (Å²) in [5.74, 6) is -2.95. The van der Waals surface area contributed by atoms with Crippen LogP contribution < -0.4 is 21.7 Å². The van der Waals surface area contributed by atoms with Crippen molar-refractivity contribution in [3.63, 3.8) is 0 Å². The number of rotatable bonds is 15. The van der Waals surface area contributed by atoms with Gasteiger partial charge in [0.2, 0.25) is 17.6 Å². The van der Waals surface area contributed by atoms with Gasteiger partial charge < -0.3 is 31.3 Å². The van der Waals surface area contributed by atoms with Gasteiger partial charge in [-0.3, -0.25) is 19.2 Å². The molecule has 0 aromatic heterocycles. The molecule has 4 aliphatic rings. The van der Waals surface area contributed by atoms with E-state index in [1.165, 1.54) is 0 Å². The minimum Gasteiger partial charge on any atom is -0.459 e. The maximum atomic E-state index is 14.7. The predicted molar refractivity (Wildman–Crippen MR) is 195 cm³/mol. The first-order chi connectivity index (χ1) is 24.8. The lowest BCUT2D eigenvalue weighted by atomic mass is 9.80. The minimum atomic E-state index is -1.18. The van der Waals surface area contributed by atoms with Crippen molar-refractivity contribution in [1.29, 1.82) is 0 Å². The Morgan fingerprint density at radius 2 is 1.63 bits per heavy atom. The second-order valence-electron chi connectivity index (χ2n) is 16.4. The van der Waals surface area contributed by atoms with Crippen LogP contribution in [0.5, 0.6) is 0 Å². The van der Waals surface area contributed by atoms with Crippen LogP contribution in [0.15, 0.2) is 30.3 Å². The van der Waals surface area contributed by atoms with Crippen LogP contribution in [0.2, 0.25) is 0 Å². The summed E-state index contributed by atoms with van der Waals surface area (Å²) < 4.78 is 5.83. The molecule has 12 nitrogen and oxygen atoms in total. The van der Waals surface area contributed by atoms with E-state index in [4.69, 9.17) is 10.5 Å². The zero-order chi connectivity index (χ0) is 37.6. The van der Waals surface area contributed by atoms with Crippen molar-refractivity contribution in [2.24, 2.45) is 41.2 Å². The van der Waals surface area contributed by atoms with Gasteiger partial charge in [-0.2, -0.15) is 0 Å². The molecule has 3 aliphatic carbocycles. The Kier molecular flexibility index (Phi) is 13.0. The van der Waals surface area contributed by atoms with Gasteiger partial charge in [0, 0.05) is 6.54 Å². The molecule has 4 fully saturated rings. The first-order valence-corrected chi connectivity index (χ1v) is 19.6. The van der Waals surface area contributed by atoms with Crippen LogP contribution in [0, 0.1) is 35.5 Å². The van der Waals surface area contributed by atoms with Gasteiger partial charge >= 0.3 is 12.0 Å². The van der Waals surface area contributed by atoms with Crippen LogP contribution in [0.4, 0.5) is 4.79 Å². The molecule has 5 amide bonds. The van der Waals surface area contributed by atoms with E-state index in [0.717, 1.165) is 63.4 Å². The van der Waals surface area contributed by atoms with E-state index in [1.807, 2.05) is 58.0 Å². The molecule has 8 atom stereocenters. The van der Waals surface area contributed by atoms with Crippen LogP contribution in [-0.4, -0.2) is 70.6 Å². The Hall–Kier alpha value is -3.96. The highest BCUT2D eigenvalue weighted by atomic mass is 16.5. The average Bonchev–Trinajstić information content (AvgIpc) is 3.89. The Morgan fingerprint density at radius 1 is 0.923 bits per heavy atom. The van der Waals surface area contributed by atoms with E-state index >= 15 is 0 Å². The van der Waals surface area contributed by atoms with Crippen LogP contribution in [-0.2, 0) is 35.3 Å². The van der Waals surface area contributed by atoms with Gasteiger partial charge in [0.15, 0.2) is 0 Å². The Morgan fingerprint density at radius 3 is 2.23 bits per heavy atom. The van der Waals surface area contributed by atoms with Crippen LogP contribution in [0.3, 0.4) is 0 Å². The van der Waals surface area contributed by atoms with E-state index < -0.39 is 53.3 Å². The van der Waals surface area contributed by atoms with Gasteiger partial charge in [0.05, 0.1) is 6.04 Å². The molecule has 1 aliphatic heterocycles. The van der Waals surface area contributed by atoms with Crippen molar-refractivity contribution >= 4 is 35.5 Å². The molecule has 5 unspecified atom stereocenters. The number of esters is 1. The molecule has 12 heteroatoms. The fourth-order valence-electron chi connectivity index (χ4n) is 9.13. The van der Waals surface area contributed by atoms with Gasteiger partial charge in [-0.05, 0) is 92.4 Å². The fraction of sp³-hybridized carbons (Fsp3) is 0.700. The highest BCUT2D eigenvalue weighted by Crippen LogP contribution is 2.51. The zero-order valence-corrected chi connectivity index (χ0v) is 31.4. The van der Waals surface area contributed by atoms with Gasteiger partial charge in [0.1, 0.15) is 24.2 Å². The smallest absolute Gasteiger partial charge is 0.332 e. The zero-order valence-electron chi connectivity index (χ0n) is 31.4. The highest BCUT2D eigenvalue weighted by molar-refractivity contribution is 6.37. The summed E-state index contributed by atoms with van der Waals surface area (Å²) in [4.78, 5) is 82.9. The number of ketones is 1. The Balaban J connectivity index is 1.36. The summed E-state index contributed by atoms with van der Waals surface area (Å²) in [6.07, 6.45) is 8.90. The summed E-state index contributed by atoms with van der Waals surface area (Å²) in [6.45, 7) is 8.41. The number of amides is 5. The lowest BCUT2D eigenvalue weighted by Gasteiger charge is -2.38. The summed E-state index contributed by atoms with van der Waals surface area (Å²) >= 11 is 0. The molecular weight excluding hydrogens is 662 g/mol. The van der Waals surface area contributed by atoms with Crippen molar-refractivity contribution in [2.75, 3.05) is 6.54 Å². The number of primary amides is 1. The van der Waals surface area contributed by atoms with Crippen molar-refractivity contribution < 1.29 is 33.5 Å². The molecule has 52 heavy (non-hydrogen) atoms. The standard InChI is InChI=1S/C40H59N5O7/c1-5-25(4)18-31(34(46)35(41)47)42-36(48)32-20-29(24(2)3)22-45(32)37(49)33(28-14-10-7-11-15-28)43-39(51)44-40(21-27-16-17-30(40)19-27)38(50)52-23-26-12-8-6-9-13-26/h6,8-9,12-13,24-25,27-33H,5,7,10-11,14-23H2,1-4H3,(H2,41,47)(H,42,48)(H2,43,44,51)/t25?,27?,29-,30?,31?,32+,33+,40?/m1/s1. The molecule has 2 bridgehead atoms. The maximum Gasteiger partial charge on any atom is 0.332 e. The number of nitrogens with zero attached hydrogens (tertiary/aromatic N) is 1. The third kappa shape index (κ3) is 8.97. The first-order valence-electron chi connectivity index (χ1n) is 19.6. The molecule has 1 heterocycles. The monoisotopic (exact) mass is 721 g/mol. The number of nitrogens with one attached hydrogen (secondary N) is 3. The SMILES string of the molecule is CCC(C)CC(NC(=O)[C@@H]1C[C@@H](C(C)C)CN1C(=O)[C@@H](NC(=O)NC1(C(=O)OCc2ccccc2)CC2CCC1C2)C1CCCCC1)C(=O)C(N)=O. The molecule has 1 aromatic carbocycles. The molecular formula is C40H59N5O7. The molecule has 5 N–H and O–H groups in total. The number of benzene rings is 1. The van der Waals surface area contributed by atoms with Crippen molar-refractivity contribution in [2.45, 2.75) is 135 Å². The number of likely N-dealkylation sites (tertiary alicyclic amines) is 1. The van der Waals surface area contributed by atoms with E-state index in [-0.39, 0.29) is 48.5 Å². The number of carbonyl (C=O) groups excluding carboxylic acids is 6. The van der Waals surface area contributed by atoms with E-state index in [2.05, 4.69) is 16.0 Å². The molecule has 0 spiro atoms. The van der Waals surface area contributed by atoms with Gasteiger partial charge in [-0.1, -0.05) is 83.7 Å². The van der Waals surface area contributed by atoms with Crippen molar-refractivity contribution in [1.82, 2.24) is 20.9 Å². The topological polar surface area (TPSA) is 177 Å². The number of Topliss-reactive ketones (excluding diaryl/α,β-unsaturated/α-hetero) is 1. The van der Waals surface area contributed by atoms with E-state index in [1.54, 1.807) is 4.90 Å². The van der Waals surface area contributed by atoms with E-state index in [9.17, 15) is 28.8 Å². The minimum absolute atomic E-state index is 0.0112. The van der Waals surface area contributed by atoms with Crippen LogP contribution in [0.1, 0.15) is 110 Å². The lowest BCUT2D eigenvalue weighted by molar-refractivity contribution is -0.155. The number of fused-ring (bicyclic) bond motifs is 2. The van der Waals surface area contributed by atoms with Gasteiger partial charge in [-0.15, -0.1) is 0 Å². The lowest BCUT2D eigenvalue weighted by Crippen LogP contribution is -2.64. The number of nitrogens with two attached hydrogens (primary N) is 1. The number of hydrogen-bond donors (Lipinski definition) is 4. The molecule has 0 radical (unpaired) electrons. The van der Waals surface area contributed by atoms with Crippen LogP contribution in [0.25, 0.3) is 0 Å².